The first-order chi connectivity index (χ1) is 9.70. The molecule has 1 unspecified atom stereocenters. The van der Waals surface area contributed by atoms with E-state index in [2.05, 4.69) is 36.5 Å². The highest BCUT2D eigenvalue weighted by Gasteiger charge is 2.22. The van der Waals surface area contributed by atoms with Crippen molar-refractivity contribution in [2.24, 2.45) is 5.92 Å². The normalized spacial score (nSPS) is 15.9. The van der Waals surface area contributed by atoms with Gasteiger partial charge in [0.25, 0.3) is 0 Å². The van der Waals surface area contributed by atoms with Crippen LogP contribution in [-0.2, 0) is 11.2 Å². The van der Waals surface area contributed by atoms with Crippen molar-refractivity contribution in [1.29, 1.82) is 0 Å². The lowest BCUT2D eigenvalue weighted by molar-refractivity contribution is -0.131. The van der Waals surface area contributed by atoms with Crippen LogP contribution in [0.15, 0.2) is 30.3 Å². The Balaban J connectivity index is 1.80. The number of carbonyl (C=O) groups excluding carboxylic acids is 1. The predicted molar refractivity (Wildman–Crippen MR) is 82.6 cm³/mol. The molecule has 0 aromatic heterocycles. The molecule has 3 heteroatoms. The van der Waals surface area contributed by atoms with Crippen molar-refractivity contribution in [3.8, 4) is 0 Å². The van der Waals surface area contributed by atoms with E-state index in [1.54, 1.807) is 0 Å². The second-order valence-corrected chi connectivity index (χ2v) is 5.83. The van der Waals surface area contributed by atoms with E-state index in [1.165, 1.54) is 18.4 Å². The molecule has 0 aliphatic heterocycles. The van der Waals surface area contributed by atoms with Crippen LogP contribution in [0.1, 0.15) is 31.7 Å². The Morgan fingerprint density at radius 3 is 2.65 bits per heavy atom. The van der Waals surface area contributed by atoms with Gasteiger partial charge in [0.15, 0.2) is 0 Å². The average molecular weight is 274 g/mol. The standard InChI is InChI=1S/C17H26N2O/c1-3-16(11-14-7-5-4-6-8-14)19(2)17(20)13-18-12-15-9-10-15/h4-8,15-16,18H,3,9-13H2,1-2H3. The molecule has 0 radical (unpaired) electrons. The van der Waals surface area contributed by atoms with Crippen molar-refractivity contribution in [2.75, 3.05) is 20.1 Å². The van der Waals surface area contributed by atoms with Gasteiger partial charge < -0.3 is 10.2 Å². The van der Waals surface area contributed by atoms with Gasteiger partial charge in [0.2, 0.25) is 5.91 Å². The van der Waals surface area contributed by atoms with Crippen molar-refractivity contribution in [3.63, 3.8) is 0 Å². The topological polar surface area (TPSA) is 32.3 Å². The molecule has 1 aliphatic rings. The minimum atomic E-state index is 0.202. The third-order valence-electron chi connectivity index (χ3n) is 4.13. The number of hydrogen-bond acceptors (Lipinski definition) is 2. The Morgan fingerprint density at radius 1 is 1.35 bits per heavy atom. The molecule has 1 atom stereocenters. The number of rotatable bonds is 8. The van der Waals surface area contributed by atoms with Gasteiger partial charge in [-0.2, -0.15) is 0 Å². The molecule has 0 heterocycles. The minimum absolute atomic E-state index is 0.202. The summed E-state index contributed by atoms with van der Waals surface area (Å²) in [5.74, 6) is 1.02. The van der Waals surface area contributed by atoms with Gasteiger partial charge in [-0.15, -0.1) is 0 Å². The summed E-state index contributed by atoms with van der Waals surface area (Å²) >= 11 is 0. The van der Waals surface area contributed by atoms with Gasteiger partial charge in [0.05, 0.1) is 6.54 Å². The van der Waals surface area contributed by atoms with Crippen LogP contribution < -0.4 is 5.32 Å². The van der Waals surface area contributed by atoms with Gasteiger partial charge in [-0.3, -0.25) is 4.79 Å². The number of hydrogen-bond donors (Lipinski definition) is 1. The van der Waals surface area contributed by atoms with Crippen LogP contribution in [0.3, 0.4) is 0 Å². The highest BCUT2D eigenvalue weighted by atomic mass is 16.2. The summed E-state index contributed by atoms with van der Waals surface area (Å²) < 4.78 is 0. The highest BCUT2D eigenvalue weighted by molar-refractivity contribution is 5.78. The van der Waals surface area contributed by atoms with Crippen LogP contribution in [0, 0.1) is 5.92 Å². The number of amides is 1. The fourth-order valence-corrected chi connectivity index (χ4v) is 2.47. The molecular formula is C17H26N2O. The number of carbonyl (C=O) groups is 1. The fourth-order valence-electron chi connectivity index (χ4n) is 2.47. The molecule has 1 aromatic carbocycles. The molecule has 2 rings (SSSR count). The highest BCUT2D eigenvalue weighted by Crippen LogP contribution is 2.27. The van der Waals surface area contributed by atoms with Gasteiger partial charge in [0, 0.05) is 13.1 Å². The summed E-state index contributed by atoms with van der Waals surface area (Å²) in [7, 11) is 1.93. The number of nitrogens with one attached hydrogen (secondary N) is 1. The minimum Gasteiger partial charge on any atom is -0.341 e. The Hall–Kier alpha value is -1.35. The summed E-state index contributed by atoms with van der Waals surface area (Å²) in [6.07, 6.45) is 4.56. The quantitative estimate of drug-likeness (QED) is 0.790. The molecule has 0 spiro atoms. The molecular weight excluding hydrogens is 248 g/mol. The molecule has 1 aromatic rings. The average Bonchev–Trinajstić information content (AvgIpc) is 3.29. The van der Waals surface area contributed by atoms with Crippen molar-refractivity contribution in [1.82, 2.24) is 10.2 Å². The molecule has 1 N–H and O–H groups in total. The first-order valence-electron chi connectivity index (χ1n) is 7.71. The van der Waals surface area contributed by atoms with Crippen molar-refractivity contribution >= 4 is 5.91 Å². The number of nitrogens with zero attached hydrogens (tertiary/aromatic N) is 1. The molecule has 1 saturated carbocycles. The molecule has 110 valence electrons. The molecule has 20 heavy (non-hydrogen) atoms. The summed E-state index contributed by atoms with van der Waals surface area (Å²) in [6.45, 7) is 3.61. The second kappa shape index (κ2) is 7.44. The molecule has 1 aliphatic carbocycles. The monoisotopic (exact) mass is 274 g/mol. The molecule has 1 amide bonds. The third kappa shape index (κ3) is 4.64. The third-order valence-corrected chi connectivity index (χ3v) is 4.13. The van der Waals surface area contributed by atoms with E-state index >= 15 is 0 Å². The molecule has 1 fully saturated rings. The lowest BCUT2D eigenvalue weighted by atomic mass is 10.0. The van der Waals surface area contributed by atoms with Crippen molar-refractivity contribution in [2.45, 2.75) is 38.6 Å². The molecule has 0 bridgehead atoms. The van der Waals surface area contributed by atoms with E-state index in [0.717, 1.165) is 25.3 Å². The van der Waals surface area contributed by atoms with Crippen LogP contribution in [0.4, 0.5) is 0 Å². The van der Waals surface area contributed by atoms with E-state index < -0.39 is 0 Å². The predicted octanol–water partition coefficient (Wildman–Crippen LogP) is 2.47. The Morgan fingerprint density at radius 2 is 2.05 bits per heavy atom. The zero-order valence-electron chi connectivity index (χ0n) is 12.6. The van der Waals surface area contributed by atoms with Crippen LogP contribution in [0.5, 0.6) is 0 Å². The van der Waals surface area contributed by atoms with Gasteiger partial charge >= 0.3 is 0 Å². The summed E-state index contributed by atoms with van der Waals surface area (Å²) in [4.78, 5) is 14.1. The summed E-state index contributed by atoms with van der Waals surface area (Å²) in [5, 5.41) is 3.28. The summed E-state index contributed by atoms with van der Waals surface area (Å²) in [6, 6.07) is 10.7. The SMILES string of the molecule is CCC(Cc1ccccc1)N(C)C(=O)CNCC1CC1. The van der Waals surface area contributed by atoms with E-state index in [-0.39, 0.29) is 11.9 Å². The smallest absolute Gasteiger partial charge is 0.236 e. The number of benzene rings is 1. The Kier molecular flexibility index (Phi) is 5.60. The van der Waals surface area contributed by atoms with Crippen molar-refractivity contribution < 1.29 is 4.79 Å². The Bertz CT molecular complexity index is 414. The zero-order valence-corrected chi connectivity index (χ0v) is 12.6. The fraction of sp³-hybridized carbons (Fsp3) is 0.588. The lowest BCUT2D eigenvalue weighted by Gasteiger charge is -2.27. The van der Waals surface area contributed by atoms with Crippen LogP contribution in [0.25, 0.3) is 0 Å². The molecule has 3 nitrogen and oxygen atoms in total. The zero-order chi connectivity index (χ0) is 14.4. The van der Waals surface area contributed by atoms with E-state index in [4.69, 9.17) is 0 Å². The maximum atomic E-state index is 12.2. The van der Waals surface area contributed by atoms with E-state index in [0.29, 0.717) is 6.54 Å². The second-order valence-electron chi connectivity index (χ2n) is 5.83. The molecule has 0 saturated heterocycles. The van der Waals surface area contributed by atoms with Crippen LogP contribution in [0.2, 0.25) is 0 Å². The van der Waals surface area contributed by atoms with E-state index in [9.17, 15) is 4.79 Å². The van der Waals surface area contributed by atoms with Crippen LogP contribution >= 0.6 is 0 Å². The Labute approximate surface area is 122 Å². The maximum Gasteiger partial charge on any atom is 0.236 e. The van der Waals surface area contributed by atoms with Gasteiger partial charge in [-0.05, 0) is 43.7 Å². The van der Waals surface area contributed by atoms with E-state index in [1.807, 2.05) is 18.0 Å². The van der Waals surface area contributed by atoms with Gasteiger partial charge in [-0.1, -0.05) is 37.3 Å². The van der Waals surface area contributed by atoms with Crippen molar-refractivity contribution in [3.05, 3.63) is 35.9 Å². The van der Waals surface area contributed by atoms with Crippen LogP contribution in [-0.4, -0.2) is 37.0 Å². The maximum absolute atomic E-state index is 12.2. The summed E-state index contributed by atoms with van der Waals surface area (Å²) in [5.41, 5.74) is 1.30. The van der Waals surface area contributed by atoms with Gasteiger partial charge in [0.1, 0.15) is 0 Å². The first kappa shape index (κ1) is 15.0. The lowest BCUT2D eigenvalue weighted by Crippen LogP contribution is -2.43. The van der Waals surface area contributed by atoms with Gasteiger partial charge in [-0.25, -0.2) is 0 Å². The first-order valence-corrected chi connectivity index (χ1v) is 7.71. The number of likely N-dealkylation sites (N-methyl/N-ethyl adjacent to an activating group) is 1. The largest absolute Gasteiger partial charge is 0.341 e.